The van der Waals surface area contributed by atoms with Gasteiger partial charge in [0, 0.05) is 18.0 Å². The average Bonchev–Trinajstić information content (AvgIpc) is 2.61. The molecule has 0 radical (unpaired) electrons. The third-order valence-electron chi connectivity index (χ3n) is 3.31. The fourth-order valence-corrected chi connectivity index (χ4v) is 2.29. The molecular formula is C19H17ClN2O4. The summed E-state index contributed by atoms with van der Waals surface area (Å²) in [5.41, 5.74) is 2.00. The van der Waals surface area contributed by atoms with Gasteiger partial charge in [-0.25, -0.2) is 4.79 Å². The van der Waals surface area contributed by atoms with Gasteiger partial charge in [-0.2, -0.15) is 0 Å². The van der Waals surface area contributed by atoms with Crippen LogP contribution in [0.1, 0.15) is 22.8 Å². The van der Waals surface area contributed by atoms with E-state index in [1.165, 1.54) is 20.1 Å². The maximum Gasteiger partial charge on any atom is 0.337 e. The lowest BCUT2D eigenvalue weighted by Crippen LogP contribution is -2.13. The van der Waals surface area contributed by atoms with Gasteiger partial charge in [-0.3, -0.25) is 9.59 Å². The predicted octanol–water partition coefficient (Wildman–Crippen LogP) is 3.74. The van der Waals surface area contributed by atoms with Gasteiger partial charge >= 0.3 is 5.97 Å². The molecule has 2 rings (SSSR count). The van der Waals surface area contributed by atoms with E-state index < -0.39 is 11.9 Å². The minimum atomic E-state index is -0.426. The number of nitrogens with one attached hydrogen (secondary N) is 2. The van der Waals surface area contributed by atoms with Gasteiger partial charge in [0.2, 0.25) is 11.8 Å². The number of halogens is 1. The number of rotatable bonds is 5. The van der Waals surface area contributed by atoms with Crippen molar-refractivity contribution in [2.24, 2.45) is 0 Å². The summed E-state index contributed by atoms with van der Waals surface area (Å²) in [5, 5.41) is 5.72. The Hall–Kier alpha value is -3.12. The van der Waals surface area contributed by atoms with Crippen LogP contribution in [0.3, 0.4) is 0 Å². The van der Waals surface area contributed by atoms with Crippen molar-refractivity contribution in [3.05, 3.63) is 64.7 Å². The van der Waals surface area contributed by atoms with E-state index in [9.17, 15) is 14.4 Å². The number of hydrogen-bond acceptors (Lipinski definition) is 4. The maximum absolute atomic E-state index is 12.1. The molecule has 2 aromatic carbocycles. The van der Waals surface area contributed by atoms with E-state index >= 15 is 0 Å². The molecule has 0 saturated carbocycles. The molecule has 0 saturated heterocycles. The van der Waals surface area contributed by atoms with E-state index in [1.807, 2.05) is 0 Å². The standard InChI is InChI=1S/C19H17ClN2O4/c1-12(23)21-16-9-8-15(20)11-17(16)22-18(24)10-5-13-3-6-14(7-4-13)19(25)26-2/h3-11H,1-2H3,(H,21,23)(H,22,24). The molecule has 2 amide bonds. The number of hydrogen-bond donors (Lipinski definition) is 2. The highest BCUT2D eigenvalue weighted by molar-refractivity contribution is 6.31. The Morgan fingerprint density at radius 2 is 1.69 bits per heavy atom. The van der Waals surface area contributed by atoms with Crippen molar-refractivity contribution in [2.75, 3.05) is 17.7 Å². The van der Waals surface area contributed by atoms with E-state index in [0.717, 1.165) is 5.56 Å². The summed E-state index contributed by atoms with van der Waals surface area (Å²) in [6, 6.07) is 11.4. The van der Waals surface area contributed by atoms with Crippen molar-refractivity contribution < 1.29 is 19.1 Å². The fourth-order valence-electron chi connectivity index (χ4n) is 2.11. The summed E-state index contributed by atoms with van der Waals surface area (Å²) in [6.07, 6.45) is 2.94. The van der Waals surface area contributed by atoms with Crippen LogP contribution >= 0.6 is 11.6 Å². The van der Waals surface area contributed by atoms with Gasteiger partial charge in [0.05, 0.1) is 24.0 Å². The first-order chi connectivity index (χ1) is 12.4. The molecule has 2 N–H and O–H groups in total. The number of esters is 1. The van der Waals surface area contributed by atoms with Crippen LogP contribution in [0.4, 0.5) is 11.4 Å². The van der Waals surface area contributed by atoms with Crippen molar-refractivity contribution in [3.8, 4) is 0 Å². The Bertz CT molecular complexity index is 860. The Kier molecular flexibility index (Phi) is 6.52. The lowest BCUT2D eigenvalue weighted by molar-refractivity contribution is -0.114. The molecule has 134 valence electrons. The lowest BCUT2D eigenvalue weighted by Gasteiger charge is -2.10. The molecule has 0 aliphatic heterocycles. The molecule has 26 heavy (non-hydrogen) atoms. The average molecular weight is 373 g/mol. The summed E-state index contributed by atoms with van der Waals surface area (Å²) in [7, 11) is 1.31. The summed E-state index contributed by atoms with van der Waals surface area (Å²) < 4.78 is 4.63. The normalized spacial score (nSPS) is 10.4. The monoisotopic (exact) mass is 372 g/mol. The smallest absolute Gasteiger partial charge is 0.337 e. The number of carbonyl (C=O) groups is 3. The van der Waals surface area contributed by atoms with Crippen molar-refractivity contribution in [2.45, 2.75) is 6.92 Å². The number of benzene rings is 2. The summed E-state index contributed by atoms with van der Waals surface area (Å²) in [6.45, 7) is 1.37. The first kappa shape index (κ1) is 19.2. The Labute approximate surface area is 155 Å². The Morgan fingerprint density at radius 3 is 2.31 bits per heavy atom. The third kappa shape index (κ3) is 5.46. The van der Waals surface area contributed by atoms with E-state index in [-0.39, 0.29) is 5.91 Å². The second-order valence-corrected chi connectivity index (χ2v) is 5.74. The SMILES string of the molecule is COC(=O)c1ccc(C=CC(=O)Nc2cc(Cl)ccc2NC(C)=O)cc1. The Morgan fingerprint density at radius 1 is 1.00 bits per heavy atom. The van der Waals surface area contributed by atoms with Crippen LogP contribution in [-0.2, 0) is 14.3 Å². The lowest BCUT2D eigenvalue weighted by atomic mass is 10.1. The van der Waals surface area contributed by atoms with Crippen LogP contribution in [0.15, 0.2) is 48.5 Å². The molecule has 0 atom stereocenters. The largest absolute Gasteiger partial charge is 0.465 e. The minimum absolute atomic E-state index is 0.260. The first-order valence-corrected chi connectivity index (χ1v) is 8.01. The summed E-state index contributed by atoms with van der Waals surface area (Å²) in [5.74, 6) is -1.08. The molecule has 0 aromatic heterocycles. The number of amides is 2. The molecular weight excluding hydrogens is 356 g/mol. The van der Waals surface area contributed by atoms with Gasteiger partial charge in [-0.05, 0) is 42.0 Å². The number of ether oxygens (including phenoxy) is 1. The zero-order valence-electron chi connectivity index (χ0n) is 14.2. The van der Waals surface area contributed by atoms with Crippen LogP contribution in [0.25, 0.3) is 6.08 Å². The van der Waals surface area contributed by atoms with Crippen LogP contribution in [0, 0.1) is 0 Å². The minimum Gasteiger partial charge on any atom is -0.465 e. The highest BCUT2D eigenvalue weighted by Crippen LogP contribution is 2.25. The molecule has 7 heteroatoms. The van der Waals surface area contributed by atoms with Gasteiger partial charge < -0.3 is 15.4 Å². The zero-order chi connectivity index (χ0) is 19.1. The van der Waals surface area contributed by atoms with Gasteiger partial charge in [0.25, 0.3) is 0 Å². The Balaban J connectivity index is 2.08. The third-order valence-corrected chi connectivity index (χ3v) is 3.54. The van der Waals surface area contributed by atoms with Crippen LogP contribution in [-0.4, -0.2) is 24.9 Å². The van der Waals surface area contributed by atoms with Crippen molar-refractivity contribution in [3.63, 3.8) is 0 Å². The zero-order valence-corrected chi connectivity index (χ0v) is 15.0. The fraction of sp³-hybridized carbons (Fsp3) is 0.105. The second-order valence-electron chi connectivity index (χ2n) is 5.31. The summed E-state index contributed by atoms with van der Waals surface area (Å²) in [4.78, 5) is 34.8. The van der Waals surface area contributed by atoms with Crippen molar-refractivity contribution in [1.82, 2.24) is 0 Å². The van der Waals surface area contributed by atoms with E-state index in [1.54, 1.807) is 48.5 Å². The van der Waals surface area contributed by atoms with Crippen LogP contribution in [0.5, 0.6) is 0 Å². The molecule has 0 heterocycles. The summed E-state index contributed by atoms with van der Waals surface area (Å²) >= 11 is 5.94. The quantitative estimate of drug-likeness (QED) is 0.618. The van der Waals surface area contributed by atoms with Gasteiger partial charge in [0.15, 0.2) is 0 Å². The van der Waals surface area contributed by atoms with E-state index in [2.05, 4.69) is 15.4 Å². The number of carbonyl (C=O) groups excluding carboxylic acids is 3. The predicted molar refractivity (Wildman–Crippen MR) is 101 cm³/mol. The van der Waals surface area contributed by atoms with Gasteiger partial charge in [-0.1, -0.05) is 23.7 Å². The molecule has 6 nitrogen and oxygen atoms in total. The number of methoxy groups -OCH3 is 1. The molecule has 0 aliphatic rings. The first-order valence-electron chi connectivity index (χ1n) is 7.63. The van der Waals surface area contributed by atoms with Crippen LogP contribution < -0.4 is 10.6 Å². The highest BCUT2D eigenvalue weighted by atomic mass is 35.5. The molecule has 0 unspecified atom stereocenters. The number of anilines is 2. The second kappa shape index (κ2) is 8.82. The molecule has 0 spiro atoms. The maximum atomic E-state index is 12.1. The van der Waals surface area contributed by atoms with E-state index in [0.29, 0.717) is 22.0 Å². The van der Waals surface area contributed by atoms with Crippen molar-refractivity contribution >= 4 is 46.8 Å². The van der Waals surface area contributed by atoms with E-state index in [4.69, 9.17) is 11.6 Å². The molecule has 0 aliphatic carbocycles. The molecule has 0 bridgehead atoms. The topological polar surface area (TPSA) is 84.5 Å². The van der Waals surface area contributed by atoms with Gasteiger partial charge in [0.1, 0.15) is 0 Å². The highest BCUT2D eigenvalue weighted by Gasteiger charge is 2.08. The van der Waals surface area contributed by atoms with Gasteiger partial charge in [-0.15, -0.1) is 0 Å². The van der Waals surface area contributed by atoms with Crippen LogP contribution in [0.2, 0.25) is 5.02 Å². The molecule has 0 fully saturated rings. The molecule has 2 aromatic rings. The van der Waals surface area contributed by atoms with Crippen molar-refractivity contribution in [1.29, 1.82) is 0 Å².